The molecule has 0 radical (unpaired) electrons. The lowest BCUT2D eigenvalue weighted by Crippen LogP contribution is -2.20. The van der Waals surface area contributed by atoms with Gasteiger partial charge in [0.05, 0.1) is 12.6 Å². The number of furan rings is 1. The van der Waals surface area contributed by atoms with Crippen molar-refractivity contribution in [3.8, 4) is 12.0 Å². The van der Waals surface area contributed by atoms with Crippen LogP contribution in [0.25, 0.3) is 5.88 Å². The summed E-state index contributed by atoms with van der Waals surface area (Å²) >= 11 is 0. The number of nitrogens with one attached hydrogen (secondary N) is 1. The van der Waals surface area contributed by atoms with Gasteiger partial charge in [0.1, 0.15) is 17.4 Å². The molecule has 2 aromatic heterocycles. The predicted octanol–water partition coefficient (Wildman–Crippen LogP) is 5.17. The zero-order valence-corrected chi connectivity index (χ0v) is 19.8. The molecule has 0 bridgehead atoms. The first-order valence-corrected chi connectivity index (χ1v) is 10.6. The fourth-order valence-corrected chi connectivity index (χ4v) is 3.65. The van der Waals surface area contributed by atoms with Crippen LogP contribution in [-0.2, 0) is 16.6 Å². The Hall–Kier alpha value is -3.59. The zero-order chi connectivity index (χ0) is 23.6. The van der Waals surface area contributed by atoms with Crippen LogP contribution in [0.2, 0.25) is 0 Å². The third-order valence-electron chi connectivity index (χ3n) is 5.73. The van der Waals surface area contributed by atoms with Gasteiger partial charge in [0.25, 0.3) is 0 Å². The predicted molar refractivity (Wildman–Crippen MR) is 126 cm³/mol. The highest BCUT2D eigenvalue weighted by Crippen LogP contribution is 2.28. The summed E-state index contributed by atoms with van der Waals surface area (Å²) < 4.78 is 7.76. The lowest BCUT2D eigenvalue weighted by Gasteiger charge is -2.19. The Bertz CT molecular complexity index is 1210. The minimum absolute atomic E-state index is 0.0819. The number of benzene rings is 1. The van der Waals surface area contributed by atoms with Gasteiger partial charge in [-0.25, -0.2) is 5.43 Å². The van der Waals surface area contributed by atoms with E-state index in [1.165, 1.54) is 5.56 Å². The number of hydrazone groups is 1. The zero-order valence-electron chi connectivity index (χ0n) is 19.8. The van der Waals surface area contributed by atoms with E-state index >= 15 is 0 Å². The minimum Gasteiger partial charge on any atom is -0.443 e. The molecule has 0 unspecified atom stereocenters. The first kappa shape index (κ1) is 23.1. The Morgan fingerprint density at radius 3 is 2.44 bits per heavy atom. The van der Waals surface area contributed by atoms with E-state index in [1.807, 2.05) is 50.5 Å². The first-order chi connectivity index (χ1) is 15.0. The van der Waals surface area contributed by atoms with Crippen molar-refractivity contribution >= 4 is 12.1 Å². The number of hydrogen-bond donors (Lipinski definition) is 1. The first-order valence-electron chi connectivity index (χ1n) is 10.6. The summed E-state index contributed by atoms with van der Waals surface area (Å²) in [6.07, 6.45) is 1.88. The van der Waals surface area contributed by atoms with Gasteiger partial charge in [-0.1, -0.05) is 45.0 Å². The fraction of sp³-hybridized carbons (Fsp3) is 0.346. The molecular weight excluding hydrogens is 400 g/mol. The van der Waals surface area contributed by atoms with Crippen molar-refractivity contribution in [2.75, 3.05) is 0 Å². The normalized spacial score (nSPS) is 11.7. The maximum absolute atomic E-state index is 12.3. The molecule has 1 amide bonds. The van der Waals surface area contributed by atoms with E-state index in [1.54, 1.807) is 6.21 Å². The van der Waals surface area contributed by atoms with Gasteiger partial charge in [0.2, 0.25) is 11.8 Å². The van der Waals surface area contributed by atoms with E-state index in [2.05, 4.69) is 49.5 Å². The molecule has 32 heavy (non-hydrogen) atoms. The summed E-state index contributed by atoms with van der Waals surface area (Å²) in [6.45, 7) is 14.1. The Labute approximate surface area is 189 Å². The standard InChI is InChI=1S/C26H30N4O2/c1-16-12-21(18(3)30(16)25-23(14-27)17(2)19(4)32-25)15-28-29-24(31)13-20-8-10-22(11-9-20)26(5,6)7/h8-12,15H,13H2,1-7H3,(H,29,31)/b28-15-. The van der Waals surface area contributed by atoms with Crippen LogP contribution in [0.5, 0.6) is 0 Å². The van der Waals surface area contributed by atoms with Gasteiger partial charge in [-0.15, -0.1) is 0 Å². The van der Waals surface area contributed by atoms with Crippen molar-refractivity contribution in [1.29, 1.82) is 5.26 Å². The number of rotatable bonds is 5. The summed E-state index contributed by atoms with van der Waals surface area (Å²) in [5, 5.41) is 13.7. The molecular formula is C26H30N4O2. The Kier molecular flexibility index (Phi) is 6.40. The van der Waals surface area contributed by atoms with Crippen molar-refractivity contribution in [2.45, 2.75) is 60.3 Å². The Morgan fingerprint density at radius 2 is 1.84 bits per heavy atom. The fourth-order valence-electron chi connectivity index (χ4n) is 3.65. The summed E-state index contributed by atoms with van der Waals surface area (Å²) in [4.78, 5) is 12.3. The summed E-state index contributed by atoms with van der Waals surface area (Å²) in [5.74, 6) is 1.06. The molecule has 0 aliphatic heterocycles. The number of amides is 1. The van der Waals surface area contributed by atoms with Gasteiger partial charge in [0, 0.05) is 22.5 Å². The molecule has 1 N–H and O–H groups in total. The van der Waals surface area contributed by atoms with Crippen LogP contribution in [0.1, 0.15) is 65.7 Å². The summed E-state index contributed by atoms with van der Waals surface area (Å²) in [7, 11) is 0. The topological polar surface area (TPSA) is 83.3 Å². The highest BCUT2D eigenvalue weighted by atomic mass is 16.4. The molecule has 0 saturated heterocycles. The second kappa shape index (κ2) is 8.88. The number of nitrogens with zero attached hydrogens (tertiary/aromatic N) is 3. The van der Waals surface area contributed by atoms with E-state index in [0.29, 0.717) is 11.4 Å². The second-order valence-corrected chi connectivity index (χ2v) is 9.15. The van der Waals surface area contributed by atoms with Crippen molar-refractivity contribution in [2.24, 2.45) is 5.10 Å². The second-order valence-electron chi connectivity index (χ2n) is 9.15. The van der Waals surface area contributed by atoms with Crippen LogP contribution in [0.3, 0.4) is 0 Å². The lowest BCUT2D eigenvalue weighted by atomic mass is 9.86. The molecule has 0 spiro atoms. The maximum Gasteiger partial charge on any atom is 0.244 e. The smallest absolute Gasteiger partial charge is 0.244 e. The van der Waals surface area contributed by atoms with Crippen LogP contribution in [0.15, 0.2) is 39.9 Å². The van der Waals surface area contributed by atoms with E-state index in [9.17, 15) is 10.1 Å². The largest absolute Gasteiger partial charge is 0.443 e. The lowest BCUT2D eigenvalue weighted by molar-refractivity contribution is -0.120. The Balaban J connectivity index is 1.72. The molecule has 166 valence electrons. The molecule has 3 rings (SSSR count). The van der Waals surface area contributed by atoms with Crippen LogP contribution in [0, 0.1) is 39.0 Å². The van der Waals surface area contributed by atoms with Gasteiger partial charge < -0.3 is 4.42 Å². The molecule has 0 aliphatic rings. The maximum atomic E-state index is 12.3. The van der Waals surface area contributed by atoms with Crippen molar-refractivity contribution < 1.29 is 9.21 Å². The molecule has 0 atom stereocenters. The third-order valence-corrected chi connectivity index (χ3v) is 5.73. The van der Waals surface area contributed by atoms with E-state index < -0.39 is 0 Å². The molecule has 2 heterocycles. The van der Waals surface area contributed by atoms with Gasteiger partial charge in [0.15, 0.2) is 0 Å². The number of hydrogen-bond acceptors (Lipinski definition) is 4. The molecule has 3 aromatic rings. The van der Waals surface area contributed by atoms with Crippen LogP contribution in [-0.4, -0.2) is 16.7 Å². The SMILES string of the molecule is Cc1oc(-n2c(C)cc(/C=N\NC(=O)Cc3ccc(C(C)(C)C)cc3)c2C)c(C#N)c1C. The molecule has 0 saturated carbocycles. The number of carbonyl (C=O) groups is 1. The average Bonchev–Trinajstić information content (AvgIpc) is 3.15. The van der Waals surface area contributed by atoms with Crippen LogP contribution in [0.4, 0.5) is 0 Å². The number of aryl methyl sites for hydroxylation is 2. The summed E-state index contributed by atoms with van der Waals surface area (Å²) in [6, 6.07) is 12.3. The van der Waals surface area contributed by atoms with Gasteiger partial charge in [-0.05, 0) is 50.3 Å². The van der Waals surface area contributed by atoms with Gasteiger partial charge >= 0.3 is 0 Å². The number of carbonyl (C=O) groups excluding carboxylic acids is 1. The molecule has 6 heteroatoms. The monoisotopic (exact) mass is 430 g/mol. The highest BCUT2D eigenvalue weighted by Gasteiger charge is 2.20. The summed E-state index contributed by atoms with van der Waals surface area (Å²) in [5.41, 5.74) is 8.86. The minimum atomic E-state index is -0.178. The van der Waals surface area contributed by atoms with E-state index in [-0.39, 0.29) is 17.7 Å². The molecule has 1 aromatic carbocycles. The van der Waals surface area contributed by atoms with E-state index in [4.69, 9.17) is 4.42 Å². The molecule has 0 aliphatic carbocycles. The Morgan fingerprint density at radius 1 is 1.19 bits per heavy atom. The average molecular weight is 431 g/mol. The molecule has 6 nitrogen and oxygen atoms in total. The highest BCUT2D eigenvalue weighted by molar-refractivity contribution is 5.84. The van der Waals surface area contributed by atoms with Crippen molar-refractivity contribution in [1.82, 2.24) is 9.99 Å². The third kappa shape index (κ3) is 4.67. The number of aromatic nitrogens is 1. The van der Waals surface area contributed by atoms with E-state index in [0.717, 1.165) is 33.8 Å². The number of nitriles is 1. The van der Waals surface area contributed by atoms with Gasteiger partial charge in [-0.2, -0.15) is 10.4 Å². The quantitative estimate of drug-likeness (QED) is 0.448. The van der Waals surface area contributed by atoms with Crippen LogP contribution < -0.4 is 5.43 Å². The molecule has 0 fully saturated rings. The van der Waals surface area contributed by atoms with Crippen LogP contribution >= 0.6 is 0 Å². The van der Waals surface area contributed by atoms with Gasteiger partial charge in [-0.3, -0.25) is 9.36 Å². The van der Waals surface area contributed by atoms with Crippen molar-refractivity contribution in [3.05, 3.63) is 75.3 Å². The van der Waals surface area contributed by atoms with Crippen molar-refractivity contribution in [3.63, 3.8) is 0 Å².